The third kappa shape index (κ3) is 3.26. The Morgan fingerprint density at radius 3 is 2.75 bits per heavy atom. The molecule has 2 heterocycles. The molecule has 2 unspecified atom stereocenters. The van der Waals surface area contributed by atoms with Gasteiger partial charge in [0.05, 0.1) is 12.7 Å². The van der Waals surface area contributed by atoms with Gasteiger partial charge in [-0.2, -0.15) is 0 Å². The van der Waals surface area contributed by atoms with Crippen molar-refractivity contribution in [1.82, 2.24) is 9.88 Å². The van der Waals surface area contributed by atoms with Gasteiger partial charge in [0.1, 0.15) is 0 Å². The zero-order valence-electron chi connectivity index (χ0n) is 17.5. The predicted molar refractivity (Wildman–Crippen MR) is 111 cm³/mol. The van der Waals surface area contributed by atoms with Crippen LogP contribution in [0.15, 0.2) is 23.0 Å². The maximum absolute atomic E-state index is 13.3. The number of ether oxygens (including phenoxy) is 1. The molecule has 1 saturated heterocycles. The molecule has 2 atom stereocenters. The maximum Gasteiger partial charge on any atom is 0.337 e. The number of nitrogens with one attached hydrogen (secondary N) is 1. The largest absolute Gasteiger partial charge is 0.465 e. The molecule has 1 aromatic heterocycles. The lowest BCUT2D eigenvalue weighted by atomic mass is 9.65. The summed E-state index contributed by atoms with van der Waals surface area (Å²) in [4.78, 5) is 31.0. The second-order valence-corrected chi connectivity index (χ2v) is 9.93. The molecule has 1 aromatic carbocycles. The Bertz CT molecular complexity index is 1010. The van der Waals surface area contributed by atoms with Gasteiger partial charge in [-0.15, -0.1) is 0 Å². The van der Waals surface area contributed by atoms with E-state index in [9.17, 15) is 9.59 Å². The molecule has 1 saturated carbocycles. The number of carbonyl (C=O) groups excluding carboxylic acids is 1. The Hall–Kier alpha value is -2.14. The minimum Gasteiger partial charge on any atom is -0.465 e. The van der Waals surface area contributed by atoms with E-state index in [1.54, 1.807) is 18.2 Å². The number of hydrogen-bond acceptors (Lipinski definition) is 4. The number of benzene rings is 1. The first-order valence-corrected chi connectivity index (χ1v) is 10.1. The van der Waals surface area contributed by atoms with E-state index in [1.165, 1.54) is 26.4 Å². The molecule has 1 aliphatic heterocycles. The maximum atomic E-state index is 13.3. The fourth-order valence-electron chi connectivity index (χ4n) is 5.85. The second kappa shape index (κ2) is 6.45. The molecule has 2 aromatic rings. The SMILES string of the molecule is COC(=O)c1ccc2[nH]c(C)c(CN3CC4(C)CC3CC(C)(C)C4)c(=O)c2c1. The predicted octanol–water partition coefficient (Wildman–Crippen LogP) is 4.02. The van der Waals surface area contributed by atoms with Crippen LogP contribution < -0.4 is 5.43 Å². The van der Waals surface area contributed by atoms with E-state index >= 15 is 0 Å². The van der Waals surface area contributed by atoms with Crippen molar-refractivity contribution in [2.24, 2.45) is 10.8 Å². The number of esters is 1. The molecule has 4 rings (SSSR count). The van der Waals surface area contributed by atoms with Gasteiger partial charge in [-0.3, -0.25) is 9.69 Å². The summed E-state index contributed by atoms with van der Waals surface area (Å²) in [5, 5.41) is 0.553. The van der Waals surface area contributed by atoms with E-state index in [2.05, 4.69) is 30.7 Å². The molecular weight excluding hydrogens is 352 g/mol. The molecule has 2 bridgehead atoms. The summed E-state index contributed by atoms with van der Waals surface area (Å²) >= 11 is 0. The Labute approximate surface area is 166 Å². The van der Waals surface area contributed by atoms with Crippen LogP contribution in [0, 0.1) is 17.8 Å². The molecule has 1 N–H and O–H groups in total. The second-order valence-electron chi connectivity index (χ2n) is 9.93. The Morgan fingerprint density at radius 1 is 1.29 bits per heavy atom. The molecule has 5 heteroatoms. The summed E-state index contributed by atoms with van der Waals surface area (Å²) in [7, 11) is 1.35. The number of aromatic nitrogens is 1. The van der Waals surface area contributed by atoms with Gasteiger partial charge in [0, 0.05) is 41.3 Å². The molecule has 150 valence electrons. The molecule has 0 radical (unpaired) electrons. The minimum atomic E-state index is -0.424. The molecule has 2 fully saturated rings. The van der Waals surface area contributed by atoms with Crippen LogP contribution in [0.25, 0.3) is 10.9 Å². The van der Waals surface area contributed by atoms with Gasteiger partial charge >= 0.3 is 5.97 Å². The molecule has 0 amide bonds. The van der Waals surface area contributed by atoms with Crippen molar-refractivity contribution in [3.8, 4) is 0 Å². The summed E-state index contributed by atoms with van der Waals surface area (Å²) in [6, 6.07) is 5.65. The van der Waals surface area contributed by atoms with E-state index < -0.39 is 5.97 Å². The number of fused-ring (bicyclic) bond motifs is 3. The smallest absolute Gasteiger partial charge is 0.337 e. The Balaban J connectivity index is 1.71. The molecule has 2 aliphatic rings. The van der Waals surface area contributed by atoms with Crippen molar-refractivity contribution in [2.75, 3.05) is 13.7 Å². The highest BCUT2D eigenvalue weighted by molar-refractivity contribution is 5.94. The van der Waals surface area contributed by atoms with Crippen LogP contribution in [0.1, 0.15) is 61.6 Å². The third-order valence-electron chi connectivity index (χ3n) is 6.62. The number of carbonyl (C=O) groups is 1. The number of likely N-dealkylation sites (tertiary alicyclic amines) is 1. The van der Waals surface area contributed by atoms with Crippen molar-refractivity contribution in [1.29, 1.82) is 0 Å². The number of pyridine rings is 1. The number of rotatable bonds is 3. The van der Waals surface area contributed by atoms with Crippen molar-refractivity contribution < 1.29 is 9.53 Å². The summed E-state index contributed by atoms with van der Waals surface area (Å²) in [5.74, 6) is -0.424. The van der Waals surface area contributed by atoms with Gasteiger partial charge in [0.25, 0.3) is 0 Å². The third-order valence-corrected chi connectivity index (χ3v) is 6.62. The Kier molecular flexibility index (Phi) is 4.42. The molecule has 1 aliphatic carbocycles. The Morgan fingerprint density at radius 2 is 2.04 bits per heavy atom. The monoisotopic (exact) mass is 382 g/mol. The highest BCUT2D eigenvalue weighted by atomic mass is 16.5. The van der Waals surface area contributed by atoms with Crippen molar-refractivity contribution in [3.63, 3.8) is 0 Å². The van der Waals surface area contributed by atoms with Gasteiger partial charge in [-0.25, -0.2) is 4.79 Å². The summed E-state index contributed by atoms with van der Waals surface area (Å²) in [6.45, 7) is 10.8. The van der Waals surface area contributed by atoms with Gasteiger partial charge in [-0.1, -0.05) is 20.8 Å². The summed E-state index contributed by atoms with van der Waals surface area (Å²) in [6.07, 6.45) is 3.63. The van der Waals surface area contributed by atoms with Crippen LogP contribution in [-0.2, 0) is 11.3 Å². The zero-order valence-corrected chi connectivity index (χ0v) is 17.5. The molecular formula is C23H30N2O3. The lowest BCUT2D eigenvalue weighted by molar-refractivity contribution is 0.0601. The van der Waals surface area contributed by atoms with Crippen LogP contribution in [0.3, 0.4) is 0 Å². The van der Waals surface area contributed by atoms with Crippen molar-refractivity contribution in [3.05, 3.63) is 45.2 Å². The molecule has 28 heavy (non-hydrogen) atoms. The van der Waals surface area contributed by atoms with Crippen LogP contribution in [0.2, 0.25) is 0 Å². The van der Waals surface area contributed by atoms with Crippen LogP contribution in [-0.4, -0.2) is 35.5 Å². The van der Waals surface area contributed by atoms with Crippen LogP contribution in [0.4, 0.5) is 0 Å². The molecule has 0 spiro atoms. The van der Waals surface area contributed by atoms with E-state index in [0.29, 0.717) is 34.4 Å². The highest BCUT2D eigenvalue weighted by Gasteiger charge is 2.49. The number of hydrogen-bond donors (Lipinski definition) is 1. The standard InChI is InChI=1S/C23H30N2O3/c1-14-18(11-25-13-23(4)10-16(25)9-22(2,3)12-23)20(26)17-8-15(21(27)28-5)6-7-19(17)24-14/h6-8,16H,9-13H2,1-5H3,(H,24,26). The fraction of sp³-hybridized carbons (Fsp3) is 0.565. The highest BCUT2D eigenvalue weighted by Crippen LogP contribution is 2.52. The average molecular weight is 383 g/mol. The number of H-pyrrole nitrogens is 1. The minimum absolute atomic E-state index is 0.0165. The van der Waals surface area contributed by atoms with E-state index in [0.717, 1.165) is 23.3 Å². The van der Waals surface area contributed by atoms with Gasteiger partial charge in [0.15, 0.2) is 5.43 Å². The van der Waals surface area contributed by atoms with Crippen LogP contribution >= 0.6 is 0 Å². The average Bonchev–Trinajstić information content (AvgIpc) is 2.85. The van der Waals surface area contributed by atoms with E-state index in [4.69, 9.17) is 4.74 Å². The first kappa shape index (κ1) is 19.2. The normalized spacial score (nSPS) is 26.5. The first-order chi connectivity index (χ1) is 13.1. The van der Waals surface area contributed by atoms with Crippen molar-refractivity contribution in [2.45, 2.75) is 59.5 Å². The number of nitrogens with zero attached hydrogens (tertiary/aromatic N) is 1. The van der Waals surface area contributed by atoms with Gasteiger partial charge in [0.2, 0.25) is 0 Å². The lowest BCUT2D eigenvalue weighted by Gasteiger charge is -2.40. The molecule has 5 nitrogen and oxygen atoms in total. The van der Waals surface area contributed by atoms with Crippen LogP contribution in [0.5, 0.6) is 0 Å². The fourth-order valence-corrected chi connectivity index (χ4v) is 5.85. The number of aryl methyl sites for hydroxylation is 1. The summed E-state index contributed by atoms with van der Waals surface area (Å²) in [5.41, 5.74) is 3.59. The zero-order chi connectivity index (χ0) is 20.3. The quantitative estimate of drug-likeness (QED) is 0.815. The number of methoxy groups -OCH3 is 1. The van der Waals surface area contributed by atoms with E-state index in [1.807, 2.05) is 6.92 Å². The van der Waals surface area contributed by atoms with Gasteiger partial charge < -0.3 is 9.72 Å². The van der Waals surface area contributed by atoms with Gasteiger partial charge in [-0.05, 0) is 55.2 Å². The van der Waals surface area contributed by atoms with Crippen molar-refractivity contribution >= 4 is 16.9 Å². The number of aromatic amines is 1. The first-order valence-electron chi connectivity index (χ1n) is 10.1. The topological polar surface area (TPSA) is 62.4 Å². The van der Waals surface area contributed by atoms with E-state index in [-0.39, 0.29) is 5.43 Å². The summed E-state index contributed by atoms with van der Waals surface area (Å²) < 4.78 is 4.81. The lowest BCUT2D eigenvalue weighted by Crippen LogP contribution is -2.35.